The standard InChI is InChI=1S/C35H36N2O3/c1-4-12-26(13-5-2)29-24-31(34(39)36-25-29)33(28-15-7-6-8-16-28)35(40,20-21-37(3)22-23-38)32-19-11-17-27-14-9-10-18-30(27)32/h4-10,12-18,24-25,33,38,40H,1,20-23H2,2-3H3,(H,36,39)/b13-5-,26-12+. The molecule has 1 aromatic heterocycles. The van der Waals surface area contributed by atoms with E-state index >= 15 is 0 Å². The van der Waals surface area contributed by atoms with Crippen LogP contribution in [0.25, 0.3) is 17.2 Å². The van der Waals surface area contributed by atoms with Crippen molar-refractivity contribution in [3.05, 3.63) is 137 Å². The van der Waals surface area contributed by atoms with Crippen molar-refractivity contribution in [1.82, 2.24) is 9.88 Å². The van der Waals surface area contributed by atoms with Gasteiger partial charge in [0.2, 0.25) is 5.88 Å². The second-order valence-electron chi connectivity index (χ2n) is 9.92. The number of benzene rings is 2. The molecule has 0 saturated carbocycles. The second kappa shape index (κ2) is 13.2. The van der Waals surface area contributed by atoms with Gasteiger partial charge >= 0.3 is 0 Å². The summed E-state index contributed by atoms with van der Waals surface area (Å²) < 4.78 is 0. The van der Waals surface area contributed by atoms with Crippen LogP contribution in [0.15, 0.2) is 109 Å². The first-order chi connectivity index (χ1) is 19.4. The van der Waals surface area contributed by atoms with Gasteiger partial charge < -0.3 is 20.2 Å². The first-order valence-corrected chi connectivity index (χ1v) is 13.5. The number of allylic oxidation sites excluding steroid dienone is 5. The highest BCUT2D eigenvalue weighted by Gasteiger charge is 2.45. The minimum atomic E-state index is -1.52. The summed E-state index contributed by atoms with van der Waals surface area (Å²) in [4.78, 5) is 6.36. The van der Waals surface area contributed by atoms with Crippen molar-refractivity contribution < 1.29 is 15.3 Å². The van der Waals surface area contributed by atoms with Crippen molar-refractivity contribution in [3.8, 4) is 5.88 Å². The van der Waals surface area contributed by atoms with Crippen LogP contribution < -0.4 is 0 Å². The summed E-state index contributed by atoms with van der Waals surface area (Å²) in [6.07, 6.45) is 11.3. The summed E-state index contributed by atoms with van der Waals surface area (Å²) in [6.45, 7) is 6.76. The van der Waals surface area contributed by atoms with Crippen LogP contribution in [0.4, 0.5) is 0 Å². The summed E-state index contributed by atoms with van der Waals surface area (Å²) >= 11 is 0. The molecule has 0 bridgehead atoms. The maximum Gasteiger partial charge on any atom is 0.214 e. The van der Waals surface area contributed by atoms with Gasteiger partial charge in [0.25, 0.3) is 0 Å². The quantitative estimate of drug-likeness (QED) is 0.198. The van der Waals surface area contributed by atoms with E-state index in [1.807, 2.05) is 104 Å². The monoisotopic (exact) mass is 532 g/mol. The number of fused-ring (bicyclic) bond motifs is 1. The van der Waals surface area contributed by atoms with Crippen molar-refractivity contribution in [2.24, 2.45) is 0 Å². The average molecular weight is 533 g/mol. The number of pyridine rings is 1. The maximum absolute atomic E-state index is 13.0. The van der Waals surface area contributed by atoms with Gasteiger partial charge in [-0.05, 0) is 54.8 Å². The fourth-order valence-corrected chi connectivity index (χ4v) is 5.26. The normalized spacial score (nSPS) is 15.1. The van der Waals surface area contributed by atoms with E-state index in [1.165, 1.54) is 0 Å². The first-order valence-electron chi connectivity index (χ1n) is 13.5. The van der Waals surface area contributed by atoms with E-state index in [4.69, 9.17) is 0 Å². The lowest BCUT2D eigenvalue weighted by Crippen LogP contribution is -2.42. The van der Waals surface area contributed by atoms with Crippen LogP contribution in [0.5, 0.6) is 5.88 Å². The molecule has 0 aliphatic heterocycles. The number of hydrogen-bond donors (Lipinski definition) is 3. The van der Waals surface area contributed by atoms with Gasteiger partial charge in [0.15, 0.2) is 0 Å². The summed E-state index contributed by atoms with van der Waals surface area (Å²) in [5.74, 6) is -0.850. The fourth-order valence-electron chi connectivity index (χ4n) is 5.26. The molecule has 3 N–H and O–H groups in total. The molecule has 2 atom stereocenters. The Morgan fingerprint density at radius 2 is 1.88 bits per heavy atom. The number of aromatic hydroxyl groups is 1. The summed E-state index contributed by atoms with van der Waals surface area (Å²) in [5.41, 5.74) is 10.2. The number of rotatable bonds is 12. The topological polar surface area (TPSA) is 76.8 Å². The van der Waals surface area contributed by atoms with E-state index in [1.54, 1.807) is 12.3 Å². The molecule has 1 aliphatic rings. The molecule has 0 radical (unpaired) electrons. The number of aromatic nitrogens is 1. The SMILES string of the molecule is C=C/C=C(\C=C/C)c1cnc(O)c(C(c2ccccc2)C(O)(CCN(C)CCO)C2=C=C=Cc3ccccc32)c1. The molecule has 3 aromatic rings. The van der Waals surface area contributed by atoms with Gasteiger partial charge in [-0.3, -0.25) is 0 Å². The minimum absolute atomic E-state index is 0.0152. The fraction of sp³-hybridized carbons (Fsp3) is 0.229. The first kappa shape index (κ1) is 28.8. The molecule has 4 rings (SSSR count). The molecule has 5 heteroatoms. The molecule has 0 spiro atoms. The van der Waals surface area contributed by atoms with Gasteiger partial charge in [0, 0.05) is 41.9 Å². The van der Waals surface area contributed by atoms with E-state index in [9.17, 15) is 15.3 Å². The lowest BCUT2D eigenvalue weighted by Gasteiger charge is -2.40. The number of nitrogens with zero attached hydrogens (tertiary/aromatic N) is 2. The Kier molecular flexibility index (Phi) is 9.52. The van der Waals surface area contributed by atoms with Crippen molar-refractivity contribution in [3.63, 3.8) is 0 Å². The third-order valence-electron chi connectivity index (χ3n) is 7.24. The van der Waals surface area contributed by atoms with Crippen molar-refractivity contribution >= 4 is 17.2 Å². The van der Waals surface area contributed by atoms with Crippen LogP contribution in [-0.2, 0) is 0 Å². The van der Waals surface area contributed by atoms with Crippen molar-refractivity contribution in [2.45, 2.75) is 24.9 Å². The molecular weight excluding hydrogens is 496 g/mol. The van der Waals surface area contributed by atoms with Crippen molar-refractivity contribution in [1.29, 1.82) is 0 Å². The number of hydrogen-bond acceptors (Lipinski definition) is 5. The Morgan fingerprint density at radius 1 is 1.12 bits per heavy atom. The zero-order valence-electron chi connectivity index (χ0n) is 23.1. The van der Waals surface area contributed by atoms with E-state index in [0.29, 0.717) is 30.6 Å². The Bertz CT molecular complexity index is 1510. The van der Waals surface area contributed by atoms with E-state index in [-0.39, 0.29) is 12.5 Å². The molecule has 1 aliphatic carbocycles. The lowest BCUT2D eigenvalue weighted by molar-refractivity contribution is 0.0616. The number of likely N-dealkylation sites (N-methyl/N-ethyl adjacent to an activating group) is 1. The molecule has 2 unspecified atom stereocenters. The van der Waals surface area contributed by atoms with Gasteiger partial charge in [-0.1, -0.05) is 96.9 Å². The molecule has 40 heavy (non-hydrogen) atoms. The number of aliphatic hydroxyl groups is 2. The summed E-state index contributed by atoms with van der Waals surface area (Å²) in [7, 11) is 1.91. The maximum atomic E-state index is 13.0. The smallest absolute Gasteiger partial charge is 0.214 e. The Labute approximate surface area is 236 Å². The second-order valence-corrected chi connectivity index (χ2v) is 9.92. The molecule has 0 fully saturated rings. The van der Waals surface area contributed by atoms with Gasteiger partial charge in [-0.2, -0.15) is 0 Å². The van der Waals surface area contributed by atoms with Crippen LogP contribution in [-0.4, -0.2) is 57.5 Å². The number of aliphatic hydroxyl groups excluding tert-OH is 1. The third kappa shape index (κ3) is 6.16. The van der Waals surface area contributed by atoms with Crippen LogP contribution in [0.1, 0.15) is 47.1 Å². The molecule has 5 nitrogen and oxygen atoms in total. The zero-order valence-corrected chi connectivity index (χ0v) is 23.1. The molecule has 0 saturated heterocycles. The van der Waals surface area contributed by atoms with E-state index in [0.717, 1.165) is 27.8 Å². The van der Waals surface area contributed by atoms with Crippen molar-refractivity contribution in [2.75, 3.05) is 26.7 Å². The minimum Gasteiger partial charge on any atom is -0.493 e. The molecule has 1 heterocycles. The molecule has 204 valence electrons. The molecule has 2 aromatic carbocycles. The average Bonchev–Trinajstić information content (AvgIpc) is 2.97. The van der Waals surface area contributed by atoms with Crippen LogP contribution in [0.2, 0.25) is 0 Å². The highest BCUT2D eigenvalue weighted by molar-refractivity contribution is 5.82. The summed E-state index contributed by atoms with van der Waals surface area (Å²) in [6, 6.07) is 19.5. The van der Waals surface area contributed by atoms with Crippen LogP contribution >= 0.6 is 0 Å². The predicted molar refractivity (Wildman–Crippen MR) is 163 cm³/mol. The molecular formula is C35H36N2O3. The van der Waals surface area contributed by atoms with Gasteiger partial charge in [-0.25, -0.2) is 4.98 Å². The highest BCUT2D eigenvalue weighted by atomic mass is 16.3. The zero-order chi connectivity index (χ0) is 28.5. The van der Waals surface area contributed by atoms with Crippen LogP contribution in [0, 0.1) is 0 Å². The van der Waals surface area contributed by atoms with Gasteiger partial charge in [0.05, 0.1) is 6.61 Å². The van der Waals surface area contributed by atoms with E-state index < -0.39 is 11.5 Å². The lowest BCUT2D eigenvalue weighted by atomic mass is 9.69. The Hall–Kier alpha value is -4.21. The van der Waals surface area contributed by atoms with Crippen LogP contribution in [0.3, 0.4) is 0 Å². The Morgan fingerprint density at radius 3 is 2.60 bits per heavy atom. The Balaban J connectivity index is 2.00. The third-order valence-corrected chi connectivity index (χ3v) is 7.24. The van der Waals surface area contributed by atoms with Gasteiger partial charge in [-0.15, -0.1) is 0 Å². The largest absolute Gasteiger partial charge is 0.493 e. The van der Waals surface area contributed by atoms with Gasteiger partial charge in [0.1, 0.15) is 5.60 Å². The highest BCUT2D eigenvalue weighted by Crippen LogP contribution is 2.48. The predicted octanol–water partition coefficient (Wildman–Crippen LogP) is 5.97. The summed E-state index contributed by atoms with van der Waals surface area (Å²) in [5, 5.41) is 33.8. The van der Waals surface area contributed by atoms with E-state index in [2.05, 4.69) is 23.0 Å². The molecule has 0 amide bonds.